The van der Waals surface area contributed by atoms with Gasteiger partial charge in [0, 0.05) is 21.4 Å². The molecule has 0 radical (unpaired) electrons. The van der Waals surface area contributed by atoms with Crippen molar-refractivity contribution in [2.75, 3.05) is 0 Å². The van der Waals surface area contributed by atoms with E-state index in [1.54, 1.807) is 29.4 Å². The molecule has 7 rings (SSSR count). The van der Waals surface area contributed by atoms with E-state index in [-0.39, 0.29) is 0 Å². The van der Waals surface area contributed by atoms with Crippen molar-refractivity contribution in [3.8, 4) is 22.6 Å². The van der Waals surface area contributed by atoms with Gasteiger partial charge >= 0.3 is 0 Å². The highest BCUT2D eigenvalue weighted by Crippen LogP contribution is 2.47. The Hall–Kier alpha value is -3.19. The lowest BCUT2D eigenvalue weighted by molar-refractivity contribution is 0.582. The molecule has 0 saturated heterocycles. The first-order valence-corrected chi connectivity index (χ1v) is 13.6. The number of fused-ring (bicyclic) bond motifs is 6. The maximum absolute atomic E-state index is 6.73. The lowest BCUT2D eigenvalue weighted by Crippen LogP contribution is -2.07. The summed E-state index contributed by atoms with van der Waals surface area (Å²) in [5.41, 5.74) is 6.69. The second-order valence-electron chi connectivity index (χ2n) is 8.44. The van der Waals surface area contributed by atoms with Crippen molar-refractivity contribution >= 4 is 55.1 Å². The van der Waals surface area contributed by atoms with Crippen molar-refractivity contribution in [1.29, 1.82) is 0 Å². The van der Waals surface area contributed by atoms with E-state index in [1.165, 1.54) is 21.6 Å². The minimum atomic E-state index is 0.477. The van der Waals surface area contributed by atoms with Gasteiger partial charge in [-0.1, -0.05) is 54.1 Å². The number of hydrogen-bond acceptors (Lipinski definition) is 6. The van der Waals surface area contributed by atoms with Crippen LogP contribution in [-0.2, 0) is 18.6 Å². The molecule has 0 spiro atoms. The number of benzene rings is 2. The average molecular weight is 512 g/mol. The summed E-state index contributed by atoms with van der Waals surface area (Å²) in [5, 5.41) is 1.48. The Kier molecular flexibility index (Phi) is 5.12. The van der Waals surface area contributed by atoms with Gasteiger partial charge in [-0.2, -0.15) is 0 Å². The van der Waals surface area contributed by atoms with Gasteiger partial charge in [-0.05, 0) is 48.2 Å². The monoisotopic (exact) mass is 511 g/mol. The molecule has 4 aromatic heterocycles. The molecule has 4 heterocycles. The highest BCUT2D eigenvalue weighted by Gasteiger charge is 2.27. The minimum absolute atomic E-state index is 0.477. The molecule has 170 valence electrons. The van der Waals surface area contributed by atoms with E-state index in [0.29, 0.717) is 16.7 Å². The van der Waals surface area contributed by atoms with Crippen LogP contribution >= 0.6 is 34.7 Å². The number of aromatic nitrogens is 3. The van der Waals surface area contributed by atoms with Gasteiger partial charge in [0.05, 0.1) is 27.9 Å². The predicted octanol–water partition coefficient (Wildman–Crippen LogP) is 8.21. The number of thiophene rings is 1. The minimum Gasteiger partial charge on any atom is -0.464 e. The van der Waals surface area contributed by atoms with Crippen LogP contribution in [0.2, 0.25) is 5.15 Å². The highest BCUT2D eigenvalue weighted by molar-refractivity contribution is 7.98. The van der Waals surface area contributed by atoms with Crippen LogP contribution in [0, 0.1) is 0 Å². The lowest BCUT2D eigenvalue weighted by atomic mass is 9.85. The fraction of sp³-hybridized carbons (Fsp3) is 0.107. The summed E-state index contributed by atoms with van der Waals surface area (Å²) in [4.78, 5) is 16.9. The molecule has 6 aromatic rings. The average Bonchev–Trinajstić information content (AvgIpc) is 3.55. The smallest absolute Gasteiger partial charge is 0.150 e. The van der Waals surface area contributed by atoms with E-state index < -0.39 is 0 Å². The quantitative estimate of drug-likeness (QED) is 0.176. The molecule has 0 unspecified atom stereocenters. The molecule has 0 saturated carbocycles. The van der Waals surface area contributed by atoms with Crippen LogP contribution in [0.4, 0.5) is 0 Å². The van der Waals surface area contributed by atoms with Crippen LogP contribution in [0.3, 0.4) is 0 Å². The largest absolute Gasteiger partial charge is 0.464 e. The van der Waals surface area contributed by atoms with Crippen LogP contribution < -0.4 is 0 Å². The summed E-state index contributed by atoms with van der Waals surface area (Å²) < 4.78 is 6.83. The van der Waals surface area contributed by atoms with Crippen molar-refractivity contribution in [2.45, 2.75) is 23.5 Å². The Morgan fingerprint density at radius 3 is 2.63 bits per heavy atom. The Bertz CT molecular complexity index is 1710. The fourth-order valence-electron chi connectivity index (χ4n) is 4.83. The van der Waals surface area contributed by atoms with E-state index in [2.05, 4.69) is 41.4 Å². The zero-order chi connectivity index (χ0) is 23.4. The molecule has 2 aromatic carbocycles. The molecule has 1 aliphatic carbocycles. The topological polar surface area (TPSA) is 51.8 Å². The number of furan rings is 1. The standard InChI is InChI=1S/C28H18ClN3OS2/c29-27-26-25(30-21(31-27)15-34-17-8-2-1-3-9-17)23-22(20-11-6-14-33-20)19-13-12-16-7-4-5-10-18(16)24(19)32-28(23)35-26/h1-11,14H,12-13,15H2. The summed E-state index contributed by atoms with van der Waals surface area (Å²) in [7, 11) is 0. The lowest BCUT2D eigenvalue weighted by Gasteiger charge is -2.21. The molecular formula is C28H18ClN3OS2. The second-order valence-corrected chi connectivity index (χ2v) is 10.8. The van der Waals surface area contributed by atoms with E-state index >= 15 is 0 Å². The maximum atomic E-state index is 6.73. The fourth-order valence-corrected chi connectivity index (χ4v) is 6.92. The summed E-state index contributed by atoms with van der Waals surface area (Å²) >= 11 is 9.99. The number of thioether (sulfide) groups is 1. The second kappa shape index (κ2) is 8.48. The van der Waals surface area contributed by atoms with Crippen LogP contribution in [0.1, 0.15) is 17.0 Å². The first-order chi connectivity index (χ1) is 17.3. The van der Waals surface area contributed by atoms with Crippen molar-refractivity contribution in [2.24, 2.45) is 0 Å². The van der Waals surface area contributed by atoms with Crippen LogP contribution in [0.25, 0.3) is 43.0 Å². The Labute approximate surface area is 215 Å². The van der Waals surface area contributed by atoms with E-state index in [9.17, 15) is 0 Å². The molecule has 35 heavy (non-hydrogen) atoms. The van der Waals surface area contributed by atoms with Gasteiger partial charge in [0.2, 0.25) is 0 Å². The number of halogens is 1. The third-order valence-electron chi connectivity index (χ3n) is 6.37. The first kappa shape index (κ1) is 21.1. The number of hydrogen-bond donors (Lipinski definition) is 0. The SMILES string of the molecule is Clc1nc(CSc2ccccc2)nc2c1sc1nc3c(c(-c4ccco4)c12)CCc1ccccc1-3. The van der Waals surface area contributed by atoms with Gasteiger partial charge in [0.15, 0.2) is 5.15 Å². The van der Waals surface area contributed by atoms with E-state index in [1.807, 2.05) is 30.3 Å². The third kappa shape index (κ3) is 3.56. The molecule has 0 aliphatic heterocycles. The predicted molar refractivity (Wildman–Crippen MR) is 144 cm³/mol. The normalized spacial score (nSPS) is 12.7. The Balaban J connectivity index is 1.47. The van der Waals surface area contributed by atoms with Gasteiger partial charge < -0.3 is 4.42 Å². The van der Waals surface area contributed by atoms with Crippen molar-refractivity contribution in [3.05, 3.63) is 95.1 Å². The molecule has 1 aliphatic rings. The number of aryl methyl sites for hydroxylation is 1. The summed E-state index contributed by atoms with van der Waals surface area (Å²) in [6.07, 6.45) is 3.60. The van der Waals surface area contributed by atoms with Crippen molar-refractivity contribution < 1.29 is 4.42 Å². The molecule has 0 N–H and O–H groups in total. The van der Waals surface area contributed by atoms with Crippen molar-refractivity contribution in [3.63, 3.8) is 0 Å². The van der Waals surface area contributed by atoms with E-state index in [4.69, 9.17) is 26.0 Å². The Morgan fingerprint density at radius 1 is 0.914 bits per heavy atom. The zero-order valence-electron chi connectivity index (χ0n) is 18.5. The first-order valence-electron chi connectivity index (χ1n) is 11.4. The van der Waals surface area contributed by atoms with E-state index in [0.717, 1.165) is 50.3 Å². The third-order valence-corrected chi connectivity index (χ3v) is 8.84. The number of pyridine rings is 1. The van der Waals surface area contributed by atoms with Crippen LogP contribution in [0.15, 0.2) is 82.3 Å². The van der Waals surface area contributed by atoms with Gasteiger partial charge in [0.25, 0.3) is 0 Å². The number of nitrogens with zero attached hydrogens (tertiary/aromatic N) is 3. The molecule has 7 heteroatoms. The van der Waals surface area contributed by atoms with Crippen LogP contribution in [-0.4, -0.2) is 15.0 Å². The van der Waals surface area contributed by atoms with Gasteiger partial charge in [-0.15, -0.1) is 23.1 Å². The molecule has 0 bridgehead atoms. The summed E-state index contributed by atoms with van der Waals surface area (Å²) in [6, 6.07) is 22.8. The summed E-state index contributed by atoms with van der Waals surface area (Å²) in [5.74, 6) is 2.19. The van der Waals surface area contributed by atoms with Gasteiger partial charge in [-0.25, -0.2) is 15.0 Å². The van der Waals surface area contributed by atoms with Gasteiger partial charge in [0.1, 0.15) is 16.4 Å². The highest BCUT2D eigenvalue weighted by atomic mass is 35.5. The van der Waals surface area contributed by atoms with Crippen molar-refractivity contribution in [1.82, 2.24) is 15.0 Å². The molecular weight excluding hydrogens is 494 g/mol. The Morgan fingerprint density at radius 2 is 1.77 bits per heavy atom. The molecule has 0 fully saturated rings. The molecule has 4 nitrogen and oxygen atoms in total. The number of rotatable bonds is 4. The van der Waals surface area contributed by atoms with Crippen LogP contribution in [0.5, 0.6) is 0 Å². The van der Waals surface area contributed by atoms with Gasteiger partial charge in [-0.3, -0.25) is 0 Å². The maximum Gasteiger partial charge on any atom is 0.150 e. The zero-order valence-corrected chi connectivity index (χ0v) is 20.9. The molecule has 0 amide bonds. The summed E-state index contributed by atoms with van der Waals surface area (Å²) in [6.45, 7) is 0. The molecule has 0 atom stereocenters.